The summed E-state index contributed by atoms with van der Waals surface area (Å²) < 4.78 is 10.0. The van der Waals surface area contributed by atoms with E-state index in [4.69, 9.17) is 4.74 Å². The highest BCUT2D eigenvalue weighted by Crippen LogP contribution is 2.41. The first-order chi connectivity index (χ1) is 14.8. The number of methoxy groups -OCH3 is 1. The molecule has 6 heteroatoms. The van der Waals surface area contributed by atoms with Gasteiger partial charge in [-0.3, -0.25) is 14.2 Å². The Bertz CT molecular complexity index is 1210. The number of aromatic nitrogens is 3. The Morgan fingerprint density at radius 3 is 2.52 bits per heavy atom. The van der Waals surface area contributed by atoms with Crippen molar-refractivity contribution in [1.29, 1.82) is 0 Å². The van der Waals surface area contributed by atoms with E-state index in [1.807, 2.05) is 19.3 Å². The molecule has 0 saturated heterocycles. The van der Waals surface area contributed by atoms with E-state index in [-0.39, 0.29) is 11.0 Å². The average molecular weight is 419 g/mol. The third-order valence-corrected chi connectivity index (χ3v) is 6.64. The summed E-state index contributed by atoms with van der Waals surface area (Å²) in [5, 5.41) is 6.93. The molecule has 1 aliphatic carbocycles. The molecule has 1 fully saturated rings. The summed E-state index contributed by atoms with van der Waals surface area (Å²) >= 11 is 0. The number of fused-ring (bicyclic) bond motifs is 3. The van der Waals surface area contributed by atoms with Crippen LogP contribution < -0.4 is 15.2 Å². The van der Waals surface area contributed by atoms with Crippen LogP contribution in [0.4, 0.5) is 0 Å². The van der Waals surface area contributed by atoms with E-state index < -0.39 is 0 Å². The Kier molecular flexibility index (Phi) is 4.50. The molecular formula is C25H30N4O2. The summed E-state index contributed by atoms with van der Waals surface area (Å²) in [7, 11) is 1.70. The summed E-state index contributed by atoms with van der Waals surface area (Å²) in [5.41, 5.74) is 5.94. The molecule has 0 N–H and O–H groups in total. The third kappa shape index (κ3) is 3.25. The molecule has 0 radical (unpaired) electrons. The van der Waals surface area contributed by atoms with Crippen molar-refractivity contribution in [3.63, 3.8) is 0 Å². The van der Waals surface area contributed by atoms with Crippen LogP contribution in [-0.4, -0.2) is 27.1 Å². The predicted molar refractivity (Wildman–Crippen MR) is 123 cm³/mol. The maximum atomic E-state index is 12.5. The Hall–Kier alpha value is -3.02. The highest BCUT2D eigenvalue weighted by atomic mass is 16.5. The molecule has 1 aromatic carbocycles. The lowest BCUT2D eigenvalue weighted by atomic mass is 9.93. The molecule has 162 valence electrons. The van der Waals surface area contributed by atoms with E-state index in [0.29, 0.717) is 6.04 Å². The molecule has 1 aliphatic heterocycles. The zero-order chi connectivity index (χ0) is 21.9. The zero-order valence-electron chi connectivity index (χ0n) is 19.0. The molecule has 5 rings (SSSR count). The summed E-state index contributed by atoms with van der Waals surface area (Å²) in [4.78, 5) is 12.5. The monoisotopic (exact) mass is 418 g/mol. The number of hydrogen-bond donors (Lipinski definition) is 0. The van der Waals surface area contributed by atoms with E-state index >= 15 is 0 Å². The topological polar surface area (TPSA) is 52.3 Å². The highest BCUT2D eigenvalue weighted by molar-refractivity contribution is 5.78. The van der Waals surface area contributed by atoms with Gasteiger partial charge in [-0.05, 0) is 64.7 Å². The number of ether oxygens (including phenoxy) is 1. The van der Waals surface area contributed by atoms with Gasteiger partial charge in [0.05, 0.1) is 31.6 Å². The largest absolute Gasteiger partial charge is 0.496 e. The van der Waals surface area contributed by atoms with Crippen LogP contribution in [0.1, 0.15) is 57.2 Å². The number of benzene rings is 1. The maximum Gasteiger partial charge on any atom is 0.185 e. The molecule has 0 bridgehead atoms. The molecular weight excluding hydrogens is 388 g/mol. The number of aryl methyl sites for hydroxylation is 1. The fourth-order valence-electron chi connectivity index (χ4n) is 4.54. The fourth-order valence-corrected chi connectivity index (χ4v) is 4.54. The molecule has 2 aromatic heterocycles. The molecule has 0 unspecified atom stereocenters. The molecule has 0 spiro atoms. The molecule has 3 aromatic rings. The van der Waals surface area contributed by atoms with Crippen LogP contribution in [0.2, 0.25) is 0 Å². The highest BCUT2D eigenvalue weighted by Gasteiger charge is 2.31. The van der Waals surface area contributed by atoms with Crippen LogP contribution in [0.15, 0.2) is 41.6 Å². The SMILES string of the molecule is COc1cc2c(cc1-c1cnn(C3CCC3)c1)CN(C(C)(C)C)n1cc(C)c(=O)cc1-2. The summed E-state index contributed by atoms with van der Waals surface area (Å²) in [5.74, 6) is 0.802. The number of pyridine rings is 1. The Balaban J connectivity index is 1.67. The van der Waals surface area contributed by atoms with Gasteiger partial charge in [0.25, 0.3) is 0 Å². The van der Waals surface area contributed by atoms with Crippen LogP contribution in [0, 0.1) is 6.92 Å². The predicted octanol–water partition coefficient (Wildman–Crippen LogP) is 4.67. The van der Waals surface area contributed by atoms with Gasteiger partial charge in [0.15, 0.2) is 5.43 Å². The van der Waals surface area contributed by atoms with Crippen molar-refractivity contribution < 1.29 is 4.74 Å². The summed E-state index contributed by atoms with van der Waals surface area (Å²) in [6.45, 7) is 9.21. The first-order valence-electron chi connectivity index (χ1n) is 11.0. The molecule has 0 atom stereocenters. The van der Waals surface area contributed by atoms with Crippen molar-refractivity contribution in [3.05, 3.63) is 58.1 Å². The zero-order valence-corrected chi connectivity index (χ0v) is 19.0. The summed E-state index contributed by atoms with van der Waals surface area (Å²) in [6.07, 6.45) is 9.72. The fraction of sp³-hybridized carbons (Fsp3) is 0.440. The number of hydrogen-bond acceptors (Lipinski definition) is 4. The molecule has 1 saturated carbocycles. The lowest BCUT2D eigenvalue weighted by Crippen LogP contribution is -2.51. The summed E-state index contributed by atoms with van der Waals surface area (Å²) in [6, 6.07) is 6.56. The van der Waals surface area contributed by atoms with Crippen molar-refractivity contribution in [2.24, 2.45) is 0 Å². The third-order valence-electron chi connectivity index (χ3n) is 6.64. The second-order valence-corrected chi connectivity index (χ2v) is 9.78. The van der Waals surface area contributed by atoms with E-state index in [1.54, 1.807) is 13.2 Å². The number of rotatable bonds is 3. The van der Waals surface area contributed by atoms with Gasteiger partial charge in [0, 0.05) is 46.3 Å². The van der Waals surface area contributed by atoms with Gasteiger partial charge in [0.2, 0.25) is 0 Å². The Morgan fingerprint density at radius 1 is 1.10 bits per heavy atom. The molecule has 3 heterocycles. The minimum Gasteiger partial charge on any atom is -0.496 e. The first-order valence-corrected chi connectivity index (χ1v) is 11.0. The number of nitrogens with zero attached hydrogens (tertiary/aromatic N) is 4. The Labute approximate surface area is 183 Å². The van der Waals surface area contributed by atoms with Gasteiger partial charge in [-0.1, -0.05) is 0 Å². The smallest absolute Gasteiger partial charge is 0.185 e. The van der Waals surface area contributed by atoms with E-state index in [1.165, 1.54) is 24.8 Å². The normalized spacial score (nSPS) is 16.0. The standard InChI is InChI=1S/C25H30N4O2/c1-16-13-28-22(11-23(16)30)20-10-24(31-5)21(9-17(20)15-29(28)25(2,3)4)18-12-26-27(14-18)19-7-6-8-19/h9-14,19H,6-8,15H2,1-5H3. The van der Waals surface area contributed by atoms with Crippen LogP contribution >= 0.6 is 0 Å². The first kappa shape index (κ1) is 19.9. The van der Waals surface area contributed by atoms with Crippen molar-refractivity contribution >= 4 is 0 Å². The van der Waals surface area contributed by atoms with E-state index in [2.05, 4.69) is 58.6 Å². The minimum absolute atomic E-state index is 0.0535. The minimum atomic E-state index is -0.108. The van der Waals surface area contributed by atoms with Crippen LogP contribution in [-0.2, 0) is 6.54 Å². The lowest BCUT2D eigenvalue weighted by molar-refractivity contribution is 0.289. The van der Waals surface area contributed by atoms with Crippen LogP contribution in [0.3, 0.4) is 0 Å². The maximum absolute atomic E-state index is 12.5. The van der Waals surface area contributed by atoms with E-state index in [0.717, 1.165) is 40.2 Å². The Morgan fingerprint density at radius 2 is 1.87 bits per heavy atom. The van der Waals surface area contributed by atoms with Crippen molar-refractivity contribution in [1.82, 2.24) is 14.5 Å². The molecule has 6 nitrogen and oxygen atoms in total. The second kappa shape index (κ2) is 7.01. The second-order valence-electron chi connectivity index (χ2n) is 9.78. The molecule has 2 aliphatic rings. The lowest BCUT2D eigenvalue weighted by Gasteiger charge is -2.44. The molecule has 31 heavy (non-hydrogen) atoms. The molecule has 0 amide bonds. The van der Waals surface area contributed by atoms with Gasteiger partial charge in [-0.2, -0.15) is 5.10 Å². The van der Waals surface area contributed by atoms with Crippen LogP contribution in [0.25, 0.3) is 22.4 Å². The van der Waals surface area contributed by atoms with Gasteiger partial charge >= 0.3 is 0 Å². The quantitative estimate of drug-likeness (QED) is 0.620. The van der Waals surface area contributed by atoms with Gasteiger partial charge < -0.3 is 9.75 Å². The van der Waals surface area contributed by atoms with Gasteiger partial charge in [-0.25, -0.2) is 0 Å². The van der Waals surface area contributed by atoms with Crippen molar-refractivity contribution in [2.45, 2.75) is 65.1 Å². The van der Waals surface area contributed by atoms with Crippen molar-refractivity contribution in [3.8, 4) is 28.1 Å². The van der Waals surface area contributed by atoms with Crippen LogP contribution in [0.5, 0.6) is 5.75 Å². The van der Waals surface area contributed by atoms with Gasteiger partial charge in [-0.15, -0.1) is 0 Å². The van der Waals surface area contributed by atoms with E-state index in [9.17, 15) is 4.79 Å². The average Bonchev–Trinajstić information content (AvgIpc) is 3.14. The van der Waals surface area contributed by atoms with Gasteiger partial charge in [0.1, 0.15) is 5.75 Å². The van der Waals surface area contributed by atoms with Crippen molar-refractivity contribution in [2.75, 3.05) is 12.1 Å².